The Bertz CT molecular complexity index is 1080. The van der Waals surface area contributed by atoms with Gasteiger partial charge in [0.1, 0.15) is 0 Å². The number of carbonyl (C=O) groups excluding carboxylic acids is 1. The van der Waals surface area contributed by atoms with Crippen molar-refractivity contribution in [1.29, 1.82) is 0 Å². The van der Waals surface area contributed by atoms with Crippen molar-refractivity contribution < 1.29 is 4.79 Å². The third-order valence-corrected chi connectivity index (χ3v) is 5.39. The van der Waals surface area contributed by atoms with Gasteiger partial charge in [0.25, 0.3) is 5.91 Å². The molecule has 0 atom stereocenters. The maximum atomic E-state index is 12.9. The summed E-state index contributed by atoms with van der Waals surface area (Å²) in [6, 6.07) is 21.0. The van der Waals surface area contributed by atoms with E-state index in [1.165, 1.54) is 0 Å². The summed E-state index contributed by atoms with van der Waals surface area (Å²) in [5, 5.41) is 6.46. The van der Waals surface area contributed by atoms with Gasteiger partial charge in [0.15, 0.2) is 0 Å². The van der Waals surface area contributed by atoms with Crippen molar-refractivity contribution in [3.8, 4) is 10.6 Å². The van der Waals surface area contributed by atoms with E-state index in [0.29, 0.717) is 17.1 Å². The van der Waals surface area contributed by atoms with Crippen molar-refractivity contribution >= 4 is 39.7 Å². The largest absolute Gasteiger partial charge is 0.348 e. The molecule has 26 heavy (non-hydrogen) atoms. The van der Waals surface area contributed by atoms with E-state index in [9.17, 15) is 4.79 Å². The van der Waals surface area contributed by atoms with Gasteiger partial charge in [-0.3, -0.25) is 4.79 Å². The molecule has 3 nitrogen and oxygen atoms in total. The smallest absolute Gasteiger partial charge is 0.252 e. The van der Waals surface area contributed by atoms with Crippen LogP contribution >= 0.6 is 22.9 Å². The first-order valence-electron chi connectivity index (χ1n) is 8.17. The van der Waals surface area contributed by atoms with E-state index in [-0.39, 0.29) is 5.91 Å². The predicted octanol–water partition coefficient (Wildman–Crippen LogP) is 5.55. The SMILES string of the molecule is O=C(NCc1ccccc1Cl)c1cc(-c2cccs2)nc2ccccc12. The molecule has 2 aromatic heterocycles. The number of nitrogens with zero attached hydrogens (tertiary/aromatic N) is 1. The van der Waals surface area contributed by atoms with Crippen LogP contribution in [0.5, 0.6) is 0 Å². The summed E-state index contributed by atoms with van der Waals surface area (Å²) < 4.78 is 0. The van der Waals surface area contributed by atoms with Crippen LogP contribution in [0.1, 0.15) is 15.9 Å². The Balaban J connectivity index is 1.70. The molecule has 0 aliphatic carbocycles. The van der Waals surface area contributed by atoms with Crippen LogP contribution in [0.15, 0.2) is 72.1 Å². The summed E-state index contributed by atoms with van der Waals surface area (Å²) >= 11 is 7.79. The van der Waals surface area contributed by atoms with E-state index in [1.807, 2.05) is 72.1 Å². The number of thiophene rings is 1. The van der Waals surface area contributed by atoms with Gasteiger partial charge in [-0.2, -0.15) is 0 Å². The number of benzene rings is 2. The number of fused-ring (bicyclic) bond motifs is 1. The Morgan fingerprint density at radius 3 is 2.65 bits per heavy atom. The minimum Gasteiger partial charge on any atom is -0.348 e. The van der Waals surface area contributed by atoms with Gasteiger partial charge >= 0.3 is 0 Å². The quantitative estimate of drug-likeness (QED) is 0.506. The van der Waals surface area contributed by atoms with Gasteiger partial charge in [0, 0.05) is 17.0 Å². The number of rotatable bonds is 4. The summed E-state index contributed by atoms with van der Waals surface area (Å²) in [6.07, 6.45) is 0. The number of hydrogen-bond acceptors (Lipinski definition) is 3. The summed E-state index contributed by atoms with van der Waals surface area (Å²) in [5.74, 6) is -0.138. The molecule has 5 heteroatoms. The van der Waals surface area contributed by atoms with E-state index >= 15 is 0 Å². The molecule has 128 valence electrons. The molecule has 0 spiro atoms. The zero-order valence-corrected chi connectivity index (χ0v) is 15.3. The van der Waals surface area contributed by atoms with E-state index in [0.717, 1.165) is 27.0 Å². The van der Waals surface area contributed by atoms with Gasteiger partial charge in [0.2, 0.25) is 0 Å². The number of nitrogens with one attached hydrogen (secondary N) is 1. The first kappa shape index (κ1) is 16.8. The summed E-state index contributed by atoms with van der Waals surface area (Å²) in [7, 11) is 0. The van der Waals surface area contributed by atoms with E-state index in [4.69, 9.17) is 16.6 Å². The molecule has 0 unspecified atom stereocenters. The number of hydrogen-bond donors (Lipinski definition) is 1. The molecule has 0 radical (unpaired) electrons. The Morgan fingerprint density at radius 1 is 1.04 bits per heavy atom. The normalized spacial score (nSPS) is 10.8. The zero-order valence-electron chi connectivity index (χ0n) is 13.8. The molecule has 2 aromatic carbocycles. The van der Waals surface area contributed by atoms with Crippen LogP contribution < -0.4 is 5.32 Å². The second kappa shape index (κ2) is 7.28. The first-order valence-corrected chi connectivity index (χ1v) is 9.43. The molecule has 0 aliphatic heterocycles. The van der Waals surface area contributed by atoms with Crippen molar-refractivity contribution in [2.45, 2.75) is 6.54 Å². The fraction of sp³-hybridized carbons (Fsp3) is 0.0476. The molecule has 0 aliphatic rings. The molecule has 0 saturated heterocycles. The summed E-state index contributed by atoms with van der Waals surface area (Å²) in [5.41, 5.74) is 3.12. The van der Waals surface area contributed by atoms with Crippen molar-refractivity contribution in [2.75, 3.05) is 0 Å². The highest BCUT2D eigenvalue weighted by atomic mass is 35.5. The lowest BCUT2D eigenvalue weighted by Crippen LogP contribution is -2.23. The van der Waals surface area contributed by atoms with Gasteiger partial charge < -0.3 is 5.32 Å². The van der Waals surface area contributed by atoms with Crippen molar-refractivity contribution in [3.63, 3.8) is 0 Å². The minimum absolute atomic E-state index is 0.138. The first-order chi connectivity index (χ1) is 12.7. The lowest BCUT2D eigenvalue weighted by atomic mass is 10.1. The zero-order chi connectivity index (χ0) is 17.9. The van der Waals surface area contributed by atoms with Gasteiger partial charge in [-0.25, -0.2) is 4.98 Å². The van der Waals surface area contributed by atoms with Crippen LogP contribution in [0.4, 0.5) is 0 Å². The van der Waals surface area contributed by atoms with Crippen molar-refractivity contribution in [3.05, 3.63) is 88.3 Å². The molecular weight excluding hydrogens is 364 g/mol. The summed E-state index contributed by atoms with van der Waals surface area (Å²) in [4.78, 5) is 18.6. The van der Waals surface area contributed by atoms with Crippen molar-refractivity contribution in [1.82, 2.24) is 10.3 Å². The average Bonchev–Trinajstić information content (AvgIpc) is 3.21. The number of halogens is 1. The topological polar surface area (TPSA) is 42.0 Å². The second-order valence-electron chi connectivity index (χ2n) is 5.82. The number of aromatic nitrogens is 1. The van der Waals surface area contributed by atoms with E-state index < -0.39 is 0 Å². The fourth-order valence-corrected chi connectivity index (χ4v) is 3.72. The highest BCUT2D eigenvalue weighted by Crippen LogP contribution is 2.28. The van der Waals surface area contributed by atoms with Crippen molar-refractivity contribution in [2.24, 2.45) is 0 Å². The van der Waals surface area contributed by atoms with Crippen LogP contribution in [0.25, 0.3) is 21.5 Å². The van der Waals surface area contributed by atoms with Gasteiger partial charge in [-0.1, -0.05) is 54.1 Å². The lowest BCUT2D eigenvalue weighted by molar-refractivity contribution is 0.0952. The predicted molar refractivity (Wildman–Crippen MR) is 108 cm³/mol. The van der Waals surface area contributed by atoms with Crippen LogP contribution in [0.2, 0.25) is 5.02 Å². The van der Waals surface area contributed by atoms with Crippen LogP contribution in [-0.2, 0) is 6.54 Å². The standard InChI is InChI=1S/C21H15ClN2OS/c22-17-8-3-1-6-14(17)13-23-21(25)16-12-19(20-10-5-11-26-20)24-18-9-4-2-7-15(16)18/h1-12H,13H2,(H,23,25). The average molecular weight is 379 g/mol. The van der Waals surface area contributed by atoms with Gasteiger partial charge in [-0.05, 0) is 35.2 Å². The Labute approximate surface area is 160 Å². The number of carbonyl (C=O) groups is 1. The molecule has 2 heterocycles. The second-order valence-corrected chi connectivity index (χ2v) is 7.18. The molecule has 0 bridgehead atoms. The maximum Gasteiger partial charge on any atom is 0.252 e. The molecule has 1 amide bonds. The summed E-state index contributed by atoms with van der Waals surface area (Å²) in [6.45, 7) is 0.378. The number of amides is 1. The molecule has 4 aromatic rings. The maximum absolute atomic E-state index is 12.9. The van der Waals surface area contributed by atoms with Crippen LogP contribution in [0.3, 0.4) is 0 Å². The number of para-hydroxylation sites is 1. The third-order valence-electron chi connectivity index (χ3n) is 4.13. The van der Waals surface area contributed by atoms with E-state index in [2.05, 4.69) is 5.32 Å². The monoisotopic (exact) mass is 378 g/mol. The minimum atomic E-state index is -0.138. The lowest BCUT2D eigenvalue weighted by Gasteiger charge is -2.10. The van der Waals surface area contributed by atoms with Gasteiger partial charge in [0.05, 0.1) is 21.7 Å². The third kappa shape index (κ3) is 3.34. The molecule has 1 N–H and O–H groups in total. The van der Waals surface area contributed by atoms with Gasteiger partial charge in [-0.15, -0.1) is 11.3 Å². The Kier molecular flexibility index (Phi) is 4.69. The van der Waals surface area contributed by atoms with Crippen LogP contribution in [-0.4, -0.2) is 10.9 Å². The molecule has 0 saturated carbocycles. The highest BCUT2D eigenvalue weighted by Gasteiger charge is 2.14. The molecule has 0 fully saturated rings. The Hall–Kier alpha value is -2.69. The van der Waals surface area contributed by atoms with E-state index in [1.54, 1.807) is 11.3 Å². The fourth-order valence-electron chi connectivity index (χ4n) is 2.83. The Morgan fingerprint density at radius 2 is 1.85 bits per heavy atom. The number of pyridine rings is 1. The van der Waals surface area contributed by atoms with Crippen LogP contribution in [0, 0.1) is 0 Å². The molecule has 4 rings (SSSR count). The molecular formula is C21H15ClN2OS. The highest BCUT2D eigenvalue weighted by molar-refractivity contribution is 7.13.